The lowest BCUT2D eigenvalue weighted by Gasteiger charge is -2.21. The van der Waals surface area contributed by atoms with E-state index in [0.29, 0.717) is 6.42 Å². The van der Waals surface area contributed by atoms with Gasteiger partial charge in [0, 0.05) is 6.54 Å². The maximum atomic E-state index is 12.9. The number of carbonyl (C=O) groups excluding carboxylic acids is 4. The van der Waals surface area contributed by atoms with E-state index in [4.69, 9.17) is 14.2 Å². The van der Waals surface area contributed by atoms with E-state index < -0.39 is 41.7 Å². The molecule has 0 heterocycles. The molecular weight excluding hydrogens is 538 g/mol. The Morgan fingerprint density at radius 2 is 1.43 bits per heavy atom. The first-order valence-electron chi connectivity index (χ1n) is 13.9. The Morgan fingerprint density at radius 3 is 2.14 bits per heavy atom. The minimum Gasteiger partial charge on any atom is -0.459 e. The van der Waals surface area contributed by atoms with Gasteiger partial charge in [0.15, 0.2) is 0 Å². The molecule has 0 saturated carbocycles. The maximum absolute atomic E-state index is 12.9. The van der Waals surface area contributed by atoms with Crippen molar-refractivity contribution in [3.8, 4) is 0 Å². The van der Waals surface area contributed by atoms with Crippen LogP contribution in [0.5, 0.6) is 0 Å². The number of amides is 3. The summed E-state index contributed by atoms with van der Waals surface area (Å²) in [6.07, 6.45) is -0.792. The molecule has 0 aliphatic heterocycles. The predicted octanol–water partition coefficient (Wildman–Crippen LogP) is 4.99. The smallest absolute Gasteiger partial charge is 0.408 e. The lowest BCUT2D eigenvalue weighted by atomic mass is 10.1. The average molecular weight is 578 g/mol. The van der Waals surface area contributed by atoms with Gasteiger partial charge in [-0.15, -0.1) is 0 Å². The molecule has 3 N–H and O–H groups in total. The summed E-state index contributed by atoms with van der Waals surface area (Å²) >= 11 is 0. The van der Waals surface area contributed by atoms with Gasteiger partial charge in [-0.25, -0.2) is 14.4 Å². The van der Waals surface area contributed by atoms with E-state index in [-0.39, 0.29) is 26.2 Å². The second-order valence-electron chi connectivity index (χ2n) is 10.8. The van der Waals surface area contributed by atoms with Crippen LogP contribution in [0.1, 0.15) is 51.7 Å². The minimum atomic E-state index is -1.00. The van der Waals surface area contributed by atoms with Crippen LogP contribution in [0.2, 0.25) is 0 Å². The van der Waals surface area contributed by atoms with Gasteiger partial charge in [0.1, 0.15) is 30.9 Å². The molecule has 10 heteroatoms. The van der Waals surface area contributed by atoms with E-state index >= 15 is 0 Å². The molecule has 0 aliphatic rings. The zero-order valence-corrected chi connectivity index (χ0v) is 24.5. The van der Waals surface area contributed by atoms with E-state index in [9.17, 15) is 19.2 Å². The molecule has 0 aliphatic carbocycles. The Morgan fingerprint density at radius 1 is 0.762 bits per heavy atom. The maximum Gasteiger partial charge on any atom is 0.408 e. The van der Waals surface area contributed by atoms with Gasteiger partial charge in [0.05, 0.1) is 0 Å². The van der Waals surface area contributed by atoms with Crippen molar-refractivity contribution in [1.29, 1.82) is 0 Å². The number of esters is 1. The molecule has 0 aromatic heterocycles. The summed E-state index contributed by atoms with van der Waals surface area (Å²) in [5, 5.41) is 9.88. The van der Waals surface area contributed by atoms with Gasteiger partial charge in [-0.05, 0) is 68.5 Å². The fourth-order valence-corrected chi connectivity index (χ4v) is 3.95. The van der Waals surface area contributed by atoms with E-state index in [1.54, 1.807) is 20.8 Å². The van der Waals surface area contributed by atoms with Crippen molar-refractivity contribution in [3.63, 3.8) is 0 Å². The fourth-order valence-electron chi connectivity index (χ4n) is 3.95. The monoisotopic (exact) mass is 577 g/mol. The zero-order chi connectivity index (χ0) is 30.5. The predicted molar refractivity (Wildman–Crippen MR) is 158 cm³/mol. The van der Waals surface area contributed by atoms with Crippen LogP contribution in [0.15, 0.2) is 72.8 Å². The Kier molecular flexibility index (Phi) is 11.7. The lowest BCUT2D eigenvalue weighted by Crippen LogP contribution is -2.51. The molecule has 42 heavy (non-hydrogen) atoms. The highest BCUT2D eigenvalue weighted by molar-refractivity contribution is 5.89. The van der Waals surface area contributed by atoms with Crippen LogP contribution in [-0.2, 0) is 37.0 Å². The second kappa shape index (κ2) is 15.4. The van der Waals surface area contributed by atoms with E-state index in [0.717, 1.165) is 21.9 Å². The number of benzene rings is 3. The molecule has 0 spiro atoms. The van der Waals surface area contributed by atoms with Crippen LogP contribution in [-0.4, -0.2) is 48.3 Å². The third-order valence-electron chi connectivity index (χ3n) is 6.07. The summed E-state index contributed by atoms with van der Waals surface area (Å²) in [4.78, 5) is 50.1. The van der Waals surface area contributed by atoms with Crippen molar-refractivity contribution >= 4 is 34.8 Å². The van der Waals surface area contributed by atoms with E-state index in [1.165, 1.54) is 6.92 Å². The largest absolute Gasteiger partial charge is 0.459 e. The van der Waals surface area contributed by atoms with Crippen LogP contribution in [0.25, 0.3) is 10.8 Å². The van der Waals surface area contributed by atoms with E-state index in [2.05, 4.69) is 16.0 Å². The van der Waals surface area contributed by atoms with Crippen LogP contribution in [0.3, 0.4) is 0 Å². The normalized spacial score (nSPS) is 12.5. The number of hydrogen-bond acceptors (Lipinski definition) is 7. The molecule has 0 radical (unpaired) electrons. The first-order chi connectivity index (χ1) is 20.0. The number of ether oxygens (including phenoxy) is 3. The van der Waals surface area contributed by atoms with Crippen molar-refractivity contribution < 1.29 is 33.4 Å². The quantitative estimate of drug-likeness (QED) is 0.157. The molecule has 0 unspecified atom stereocenters. The summed E-state index contributed by atoms with van der Waals surface area (Å²) < 4.78 is 16.0. The van der Waals surface area contributed by atoms with Crippen molar-refractivity contribution in [2.75, 3.05) is 6.54 Å². The van der Waals surface area contributed by atoms with Gasteiger partial charge in [0.2, 0.25) is 5.91 Å². The van der Waals surface area contributed by atoms with Crippen LogP contribution in [0.4, 0.5) is 9.59 Å². The molecular formula is C32H39N3O7. The van der Waals surface area contributed by atoms with Gasteiger partial charge in [-0.3, -0.25) is 4.79 Å². The SMILES string of the molecule is C[C@H](NC(=O)OCc1ccc2ccccc2c1)C(=O)N[C@@H](CCCNC(=O)OC(C)(C)C)C(=O)OCc1ccccc1. The third kappa shape index (κ3) is 11.1. The molecule has 10 nitrogen and oxygen atoms in total. The van der Waals surface area contributed by atoms with Crippen LogP contribution < -0.4 is 16.0 Å². The first-order valence-corrected chi connectivity index (χ1v) is 13.9. The summed E-state index contributed by atoms with van der Waals surface area (Å²) in [5.74, 6) is -1.21. The number of nitrogens with one attached hydrogen (secondary N) is 3. The second-order valence-corrected chi connectivity index (χ2v) is 10.8. The number of carbonyl (C=O) groups is 4. The highest BCUT2D eigenvalue weighted by atomic mass is 16.6. The van der Waals surface area contributed by atoms with Gasteiger partial charge in [-0.2, -0.15) is 0 Å². The lowest BCUT2D eigenvalue weighted by molar-refractivity contribution is -0.149. The van der Waals surface area contributed by atoms with Gasteiger partial charge >= 0.3 is 18.2 Å². The summed E-state index contributed by atoms with van der Waals surface area (Å²) in [6.45, 7) is 7.06. The number of fused-ring (bicyclic) bond motifs is 1. The molecule has 224 valence electrons. The van der Waals surface area contributed by atoms with Gasteiger partial charge < -0.3 is 30.2 Å². The Labute approximate surface area is 246 Å². The summed E-state index contributed by atoms with van der Waals surface area (Å²) in [5.41, 5.74) is 0.968. The molecule has 3 aromatic carbocycles. The Bertz CT molecular complexity index is 1350. The third-order valence-corrected chi connectivity index (χ3v) is 6.07. The molecule has 3 aromatic rings. The Hall–Kier alpha value is -4.60. The van der Waals surface area contributed by atoms with Crippen LogP contribution >= 0.6 is 0 Å². The van der Waals surface area contributed by atoms with Gasteiger partial charge in [0.25, 0.3) is 0 Å². The standard InChI is InChI=1S/C32H39N3O7/c1-22(34-31(39)41-21-24-16-17-25-13-8-9-14-26(25)19-24)28(36)35-27(15-10-18-33-30(38)42-32(2,3)4)29(37)40-20-23-11-6-5-7-12-23/h5-9,11-14,16-17,19,22,27H,10,15,18,20-21H2,1-4H3,(H,33,38)(H,34,39)(H,35,36)/t22-,27-/m0/s1. The highest BCUT2D eigenvalue weighted by Gasteiger charge is 2.26. The molecule has 2 atom stereocenters. The van der Waals surface area contributed by atoms with Crippen molar-refractivity contribution in [2.24, 2.45) is 0 Å². The van der Waals surface area contributed by atoms with Crippen LogP contribution in [0, 0.1) is 0 Å². The summed E-state index contributed by atoms with van der Waals surface area (Å²) in [7, 11) is 0. The zero-order valence-electron chi connectivity index (χ0n) is 24.5. The minimum absolute atomic E-state index is 0.0318. The Balaban J connectivity index is 1.51. The average Bonchev–Trinajstić information content (AvgIpc) is 2.95. The van der Waals surface area contributed by atoms with Crippen molar-refractivity contribution in [2.45, 2.75) is 71.4 Å². The molecule has 3 amide bonds. The molecule has 0 bridgehead atoms. The first kappa shape index (κ1) is 31.9. The number of alkyl carbamates (subject to hydrolysis) is 2. The fraction of sp³-hybridized carbons (Fsp3) is 0.375. The number of rotatable bonds is 12. The van der Waals surface area contributed by atoms with Crippen molar-refractivity contribution in [3.05, 3.63) is 83.9 Å². The van der Waals surface area contributed by atoms with Gasteiger partial charge in [-0.1, -0.05) is 66.7 Å². The molecule has 3 rings (SSSR count). The topological polar surface area (TPSA) is 132 Å². The van der Waals surface area contributed by atoms with Crippen molar-refractivity contribution in [1.82, 2.24) is 16.0 Å². The van der Waals surface area contributed by atoms with E-state index in [1.807, 2.05) is 72.8 Å². The molecule has 0 fully saturated rings. The summed E-state index contributed by atoms with van der Waals surface area (Å²) in [6, 6.07) is 20.8. The molecule has 0 saturated heterocycles. The highest BCUT2D eigenvalue weighted by Crippen LogP contribution is 2.16. The number of hydrogen-bond donors (Lipinski definition) is 3.